The first-order valence-corrected chi connectivity index (χ1v) is 6.80. The quantitative estimate of drug-likeness (QED) is 0.773. The molecule has 0 amide bonds. The maximum absolute atomic E-state index is 4.09. The molecule has 0 radical (unpaired) electrons. The van der Waals surface area contributed by atoms with Crippen LogP contribution in [0.5, 0.6) is 0 Å². The number of hydrogen-bond acceptors (Lipinski definition) is 5. The summed E-state index contributed by atoms with van der Waals surface area (Å²) in [5, 5.41) is 15.3. The number of aromatic nitrogens is 5. The molecule has 0 unspecified atom stereocenters. The van der Waals surface area contributed by atoms with Gasteiger partial charge in [-0.3, -0.25) is 4.98 Å². The van der Waals surface area contributed by atoms with Crippen LogP contribution in [0.2, 0.25) is 0 Å². The van der Waals surface area contributed by atoms with Crippen LogP contribution in [0.25, 0.3) is 5.69 Å². The van der Waals surface area contributed by atoms with Gasteiger partial charge in [0, 0.05) is 18.4 Å². The average molecular weight is 280 g/mol. The molecule has 2 aromatic heterocycles. The van der Waals surface area contributed by atoms with Gasteiger partial charge >= 0.3 is 0 Å². The Labute approximate surface area is 122 Å². The topological polar surface area (TPSA) is 68.5 Å². The average Bonchev–Trinajstić information content (AvgIpc) is 3.03. The van der Waals surface area contributed by atoms with E-state index in [4.69, 9.17) is 0 Å². The molecule has 21 heavy (non-hydrogen) atoms. The van der Waals surface area contributed by atoms with Gasteiger partial charge in [-0.05, 0) is 47.2 Å². The van der Waals surface area contributed by atoms with Gasteiger partial charge in [0.25, 0.3) is 0 Å². The standard InChI is InChI=1S/C15H16N6/c1-12(13-7-9-16-10-8-13)17-11-15-18-19-20-21(15)14-5-3-2-4-6-14/h2-10,12,17H,11H2,1H3/t12-/m1/s1. The SMILES string of the molecule is C[C@@H](NCc1nnnn1-c1ccccc1)c1ccncc1. The van der Waals surface area contributed by atoms with Gasteiger partial charge in [0.15, 0.2) is 5.82 Å². The Kier molecular flexibility index (Phi) is 3.97. The lowest BCUT2D eigenvalue weighted by Crippen LogP contribution is -2.20. The minimum absolute atomic E-state index is 0.203. The summed E-state index contributed by atoms with van der Waals surface area (Å²) in [6, 6.07) is 14.1. The van der Waals surface area contributed by atoms with Crippen molar-refractivity contribution in [3.05, 3.63) is 66.2 Å². The fourth-order valence-electron chi connectivity index (χ4n) is 2.10. The molecule has 3 aromatic rings. The second kappa shape index (κ2) is 6.23. The van der Waals surface area contributed by atoms with E-state index in [0.29, 0.717) is 6.54 Å². The van der Waals surface area contributed by atoms with Gasteiger partial charge in [-0.15, -0.1) is 5.10 Å². The van der Waals surface area contributed by atoms with E-state index in [1.807, 2.05) is 42.5 Å². The molecule has 0 spiro atoms. The van der Waals surface area contributed by atoms with E-state index in [9.17, 15) is 0 Å². The van der Waals surface area contributed by atoms with Crippen molar-refractivity contribution in [2.75, 3.05) is 0 Å². The Morgan fingerprint density at radius 3 is 2.62 bits per heavy atom. The fraction of sp³-hybridized carbons (Fsp3) is 0.200. The van der Waals surface area contributed by atoms with Gasteiger partial charge in [0.05, 0.1) is 12.2 Å². The smallest absolute Gasteiger partial charge is 0.170 e. The Morgan fingerprint density at radius 1 is 1.10 bits per heavy atom. The Morgan fingerprint density at radius 2 is 1.86 bits per heavy atom. The van der Waals surface area contributed by atoms with Gasteiger partial charge in [-0.2, -0.15) is 4.68 Å². The molecule has 0 aliphatic carbocycles. The van der Waals surface area contributed by atoms with Crippen LogP contribution in [0.1, 0.15) is 24.4 Å². The third-order valence-electron chi connectivity index (χ3n) is 3.31. The first-order chi connectivity index (χ1) is 10.3. The second-order valence-corrected chi connectivity index (χ2v) is 4.73. The van der Waals surface area contributed by atoms with Gasteiger partial charge in [-0.25, -0.2) is 0 Å². The predicted octanol–water partition coefficient (Wildman–Crippen LogP) is 1.91. The van der Waals surface area contributed by atoms with Gasteiger partial charge in [0.2, 0.25) is 0 Å². The van der Waals surface area contributed by atoms with Crippen LogP contribution < -0.4 is 5.32 Å². The van der Waals surface area contributed by atoms with E-state index >= 15 is 0 Å². The maximum atomic E-state index is 4.09. The minimum Gasteiger partial charge on any atom is -0.303 e. The number of para-hydroxylation sites is 1. The molecule has 1 atom stereocenters. The van der Waals surface area contributed by atoms with E-state index in [-0.39, 0.29) is 6.04 Å². The fourth-order valence-corrected chi connectivity index (χ4v) is 2.10. The van der Waals surface area contributed by atoms with E-state index in [0.717, 1.165) is 11.5 Å². The number of pyridine rings is 1. The van der Waals surface area contributed by atoms with Crippen LogP contribution in [-0.4, -0.2) is 25.2 Å². The summed E-state index contributed by atoms with van der Waals surface area (Å²) < 4.78 is 1.74. The monoisotopic (exact) mass is 280 g/mol. The highest BCUT2D eigenvalue weighted by molar-refractivity contribution is 5.30. The van der Waals surface area contributed by atoms with Crippen molar-refractivity contribution >= 4 is 0 Å². The second-order valence-electron chi connectivity index (χ2n) is 4.73. The van der Waals surface area contributed by atoms with Gasteiger partial charge in [0.1, 0.15) is 0 Å². The van der Waals surface area contributed by atoms with Crippen molar-refractivity contribution in [1.29, 1.82) is 0 Å². The molecule has 0 saturated heterocycles. The molecule has 0 aliphatic rings. The Hall–Kier alpha value is -2.60. The van der Waals surface area contributed by atoms with E-state index in [1.165, 1.54) is 5.56 Å². The lowest BCUT2D eigenvalue weighted by atomic mass is 10.1. The van der Waals surface area contributed by atoms with Crippen LogP contribution in [0.15, 0.2) is 54.9 Å². The normalized spacial score (nSPS) is 12.2. The summed E-state index contributed by atoms with van der Waals surface area (Å²) in [4.78, 5) is 4.03. The number of benzene rings is 1. The maximum Gasteiger partial charge on any atom is 0.170 e. The molecular formula is C15H16N6. The Balaban J connectivity index is 1.71. The van der Waals surface area contributed by atoms with Gasteiger partial charge < -0.3 is 5.32 Å². The molecule has 1 aromatic carbocycles. The zero-order chi connectivity index (χ0) is 14.5. The molecule has 2 heterocycles. The molecule has 6 nitrogen and oxygen atoms in total. The zero-order valence-corrected chi connectivity index (χ0v) is 11.7. The number of nitrogens with zero attached hydrogens (tertiary/aromatic N) is 5. The summed E-state index contributed by atoms with van der Waals surface area (Å²) in [5.41, 5.74) is 2.14. The molecule has 106 valence electrons. The van der Waals surface area contributed by atoms with Crippen LogP contribution in [0.4, 0.5) is 0 Å². The molecule has 0 fully saturated rings. The molecule has 0 saturated carbocycles. The molecular weight excluding hydrogens is 264 g/mol. The zero-order valence-electron chi connectivity index (χ0n) is 11.7. The largest absolute Gasteiger partial charge is 0.303 e. The van der Waals surface area contributed by atoms with Crippen molar-refractivity contribution in [3.8, 4) is 5.69 Å². The highest BCUT2D eigenvalue weighted by Crippen LogP contribution is 2.12. The summed E-state index contributed by atoms with van der Waals surface area (Å²) in [5.74, 6) is 0.780. The summed E-state index contributed by atoms with van der Waals surface area (Å²) in [6.45, 7) is 2.69. The highest BCUT2D eigenvalue weighted by Gasteiger charge is 2.10. The minimum atomic E-state index is 0.203. The van der Waals surface area contributed by atoms with Crippen LogP contribution in [-0.2, 0) is 6.54 Å². The summed E-state index contributed by atoms with van der Waals surface area (Å²) >= 11 is 0. The van der Waals surface area contributed by atoms with Crippen LogP contribution >= 0.6 is 0 Å². The van der Waals surface area contributed by atoms with E-state index < -0.39 is 0 Å². The number of nitrogens with one attached hydrogen (secondary N) is 1. The van der Waals surface area contributed by atoms with Crippen molar-refractivity contribution in [2.45, 2.75) is 19.5 Å². The number of hydrogen-bond donors (Lipinski definition) is 1. The molecule has 1 N–H and O–H groups in total. The van der Waals surface area contributed by atoms with Crippen molar-refractivity contribution in [1.82, 2.24) is 30.5 Å². The molecule has 0 aliphatic heterocycles. The lowest BCUT2D eigenvalue weighted by molar-refractivity contribution is 0.550. The molecule has 3 rings (SSSR count). The first-order valence-electron chi connectivity index (χ1n) is 6.80. The predicted molar refractivity (Wildman–Crippen MR) is 78.6 cm³/mol. The molecule has 6 heteroatoms. The first kappa shape index (κ1) is 13.4. The highest BCUT2D eigenvalue weighted by atomic mass is 15.5. The third kappa shape index (κ3) is 3.11. The lowest BCUT2D eigenvalue weighted by Gasteiger charge is -2.13. The van der Waals surface area contributed by atoms with Crippen LogP contribution in [0, 0.1) is 0 Å². The number of rotatable bonds is 5. The van der Waals surface area contributed by atoms with E-state index in [2.05, 4.69) is 32.7 Å². The van der Waals surface area contributed by atoms with E-state index in [1.54, 1.807) is 17.1 Å². The van der Waals surface area contributed by atoms with Crippen LogP contribution in [0.3, 0.4) is 0 Å². The van der Waals surface area contributed by atoms with Crippen molar-refractivity contribution in [3.63, 3.8) is 0 Å². The summed E-state index contributed by atoms with van der Waals surface area (Å²) in [6.07, 6.45) is 3.59. The third-order valence-corrected chi connectivity index (χ3v) is 3.31. The molecule has 0 bridgehead atoms. The Bertz CT molecular complexity index is 680. The van der Waals surface area contributed by atoms with Gasteiger partial charge in [-0.1, -0.05) is 18.2 Å². The number of tetrazole rings is 1. The van der Waals surface area contributed by atoms with Crippen molar-refractivity contribution < 1.29 is 0 Å². The van der Waals surface area contributed by atoms with Crippen molar-refractivity contribution in [2.24, 2.45) is 0 Å². The summed E-state index contributed by atoms with van der Waals surface area (Å²) in [7, 11) is 0.